The van der Waals surface area contributed by atoms with Crippen LogP contribution in [0, 0.1) is 18.3 Å². The number of nitriles is 1. The lowest BCUT2D eigenvalue weighted by atomic mass is 10.0. The minimum absolute atomic E-state index is 0.216. The summed E-state index contributed by atoms with van der Waals surface area (Å²) in [6.45, 7) is 4.12. The lowest BCUT2D eigenvalue weighted by molar-refractivity contribution is -0.0556. The maximum absolute atomic E-state index is 14.2. The highest BCUT2D eigenvalue weighted by Crippen LogP contribution is 2.32. The first-order chi connectivity index (χ1) is 19.2. The lowest BCUT2D eigenvalue weighted by Gasteiger charge is -2.31. The van der Waals surface area contributed by atoms with E-state index in [1.807, 2.05) is 18.0 Å². The summed E-state index contributed by atoms with van der Waals surface area (Å²) in [6, 6.07) is 10.6. The molecule has 1 aliphatic heterocycles. The number of aliphatic hydroxyl groups is 1. The third-order valence-electron chi connectivity index (χ3n) is 6.79. The molecule has 0 unspecified atom stereocenters. The third-order valence-corrected chi connectivity index (χ3v) is 6.79. The van der Waals surface area contributed by atoms with Crippen LogP contribution in [0.15, 0.2) is 53.6 Å². The van der Waals surface area contributed by atoms with Crippen molar-refractivity contribution >= 4 is 16.7 Å². The zero-order valence-electron chi connectivity index (χ0n) is 21.9. The number of aryl methyl sites for hydroxylation is 1. The van der Waals surface area contributed by atoms with Gasteiger partial charge in [0.15, 0.2) is 0 Å². The van der Waals surface area contributed by atoms with Gasteiger partial charge in [-0.05, 0) is 37.6 Å². The summed E-state index contributed by atoms with van der Waals surface area (Å²) < 4.78 is 35.3. The molecule has 0 aliphatic carbocycles. The Labute approximate surface area is 228 Å². The Morgan fingerprint density at radius 3 is 2.67 bits per heavy atom. The van der Waals surface area contributed by atoms with Gasteiger partial charge in [0, 0.05) is 29.6 Å². The number of alkyl halides is 2. The molecule has 40 heavy (non-hydrogen) atoms. The van der Waals surface area contributed by atoms with Crippen LogP contribution in [0.4, 0.5) is 14.6 Å². The van der Waals surface area contributed by atoms with Gasteiger partial charge in [-0.25, -0.2) is 19.6 Å². The quantitative estimate of drug-likeness (QED) is 0.358. The summed E-state index contributed by atoms with van der Waals surface area (Å²) >= 11 is 0. The SMILES string of the molecule is Cc1nc(N[C@H](C)c2cccc(C(F)(F)CO)c2)c2cn(N3CCOCC3)c(=O)c(-c3ccc(C#N)nc3)c2n1. The number of ether oxygens (including phenoxy) is 1. The fourth-order valence-electron chi connectivity index (χ4n) is 4.66. The van der Waals surface area contributed by atoms with Crippen LogP contribution in [0.25, 0.3) is 22.0 Å². The molecule has 0 radical (unpaired) electrons. The molecule has 206 valence electrons. The molecule has 10 nitrogen and oxygen atoms in total. The summed E-state index contributed by atoms with van der Waals surface area (Å²) in [4.78, 5) is 27.2. The molecular weight excluding hydrogens is 520 g/mol. The van der Waals surface area contributed by atoms with Gasteiger partial charge in [-0.2, -0.15) is 14.0 Å². The lowest BCUT2D eigenvalue weighted by Crippen LogP contribution is -2.49. The van der Waals surface area contributed by atoms with Crippen molar-refractivity contribution in [3.63, 3.8) is 0 Å². The molecule has 1 aliphatic rings. The number of anilines is 1. The van der Waals surface area contributed by atoms with Gasteiger partial charge >= 0.3 is 0 Å². The number of hydrogen-bond acceptors (Lipinski definition) is 9. The zero-order chi connectivity index (χ0) is 28.4. The van der Waals surface area contributed by atoms with Crippen LogP contribution in [0.2, 0.25) is 0 Å². The Morgan fingerprint density at radius 2 is 2.00 bits per heavy atom. The molecule has 0 spiro atoms. The van der Waals surface area contributed by atoms with E-state index in [2.05, 4.69) is 20.3 Å². The van der Waals surface area contributed by atoms with Gasteiger partial charge in [-0.15, -0.1) is 0 Å². The monoisotopic (exact) mass is 547 g/mol. The van der Waals surface area contributed by atoms with Crippen molar-refractivity contribution in [1.29, 1.82) is 5.26 Å². The molecule has 5 rings (SSSR count). The number of pyridine rings is 2. The fourth-order valence-corrected chi connectivity index (χ4v) is 4.66. The van der Waals surface area contributed by atoms with Gasteiger partial charge in [-0.1, -0.05) is 18.2 Å². The largest absolute Gasteiger partial charge is 0.390 e. The standard InChI is InChI=1S/C28H27F2N7O3/c1-17(19-4-3-5-21(12-19)28(29,30)16-38)33-26-23-15-37(36-8-10-40-11-9-36)27(39)24(25(23)34-18(2)35-26)20-6-7-22(13-31)32-14-20/h3-7,12,14-15,17,38H,8-11,16H2,1-2H3,(H,33,34,35)/t17-/m1/s1. The van der Waals surface area contributed by atoms with Crippen molar-refractivity contribution in [1.82, 2.24) is 19.6 Å². The molecule has 0 saturated carbocycles. The van der Waals surface area contributed by atoms with E-state index < -0.39 is 18.6 Å². The molecule has 12 heteroatoms. The average molecular weight is 548 g/mol. The number of nitrogens with one attached hydrogen (secondary N) is 1. The summed E-state index contributed by atoms with van der Waals surface area (Å²) in [5, 5.41) is 24.0. The maximum Gasteiger partial charge on any atom is 0.295 e. The topological polar surface area (TPSA) is 129 Å². The Kier molecular flexibility index (Phi) is 7.42. The van der Waals surface area contributed by atoms with Crippen molar-refractivity contribution in [3.8, 4) is 17.2 Å². The fraction of sp³-hybridized carbons (Fsp3) is 0.321. The minimum atomic E-state index is -3.37. The van der Waals surface area contributed by atoms with Gasteiger partial charge in [0.25, 0.3) is 11.5 Å². The number of morpholine rings is 1. The first kappa shape index (κ1) is 27.1. The molecule has 1 fully saturated rings. The second-order valence-electron chi connectivity index (χ2n) is 9.50. The van der Waals surface area contributed by atoms with Crippen molar-refractivity contribution in [2.45, 2.75) is 25.8 Å². The normalized spacial score (nSPS) is 14.7. The van der Waals surface area contributed by atoms with Crippen molar-refractivity contribution < 1.29 is 18.6 Å². The first-order valence-electron chi connectivity index (χ1n) is 12.7. The number of fused-ring (bicyclic) bond motifs is 1. The van der Waals surface area contributed by atoms with E-state index in [1.54, 1.807) is 25.3 Å². The summed E-state index contributed by atoms with van der Waals surface area (Å²) in [5.74, 6) is -2.56. The predicted octanol–water partition coefficient (Wildman–Crippen LogP) is 3.26. The third kappa shape index (κ3) is 5.21. The van der Waals surface area contributed by atoms with E-state index in [0.717, 1.165) is 0 Å². The predicted molar refractivity (Wildman–Crippen MR) is 145 cm³/mol. The van der Waals surface area contributed by atoms with Crippen LogP contribution in [0.5, 0.6) is 0 Å². The van der Waals surface area contributed by atoms with Gasteiger partial charge < -0.3 is 20.2 Å². The molecule has 2 N–H and O–H groups in total. The summed E-state index contributed by atoms with van der Waals surface area (Å²) in [5.41, 5.74) is 1.36. The maximum atomic E-state index is 14.2. The number of hydrogen-bond donors (Lipinski definition) is 2. The molecule has 3 aromatic heterocycles. The van der Waals surface area contributed by atoms with Crippen molar-refractivity contribution in [2.24, 2.45) is 0 Å². The van der Waals surface area contributed by atoms with Crippen LogP contribution >= 0.6 is 0 Å². The molecule has 0 bridgehead atoms. The van der Waals surface area contributed by atoms with E-state index in [9.17, 15) is 18.8 Å². The highest BCUT2D eigenvalue weighted by molar-refractivity contribution is 5.98. The van der Waals surface area contributed by atoms with Gasteiger partial charge in [0.05, 0.1) is 42.8 Å². The van der Waals surface area contributed by atoms with Gasteiger partial charge in [0.2, 0.25) is 0 Å². The van der Waals surface area contributed by atoms with Gasteiger partial charge in [-0.3, -0.25) is 4.79 Å². The smallest absolute Gasteiger partial charge is 0.295 e. The molecule has 4 heterocycles. The van der Waals surface area contributed by atoms with E-state index in [1.165, 1.54) is 35.1 Å². The molecule has 1 aromatic carbocycles. The molecule has 4 aromatic rings. The first-order valence-corrected chi connectivity index (χ1v) is 12.7. The second kappa shape index (κ2) is 11.0. The second-order valence-corrected chi connectivity index (χ2v) is 9.50. The van der Waals surface area contributed by atoms with Crippen LogP contribution in [0.3, 0.4) is 0 Å². The van der Waals surface area contributed by atoms with Crippen LogP contribution in [-0.2, 0) is 10.7 Å². The number of aliphatic hydroxyl groups excluding tert-OH is 1. The number of rotatable bonds is 7. The van der Waals surface area contributed by atoms with Crippen molar-refractivity contribution in [2.75, 3.05) is 43.2 Å². The van der Waals surface area contributed by atoms with Crippen LogP contribution in [0.1, 0.15) is 35.6 Å². The van der Waals surface area contributed by atoms with Crippen LogP contribution < -0.4 is 15.9 Å². The molecule has 1 saturated heterocycles. The van der Waals surface area contributed by atoms with E-state index >= 15 is 0 Å². The Morgan fingerprint density at radius 1 is 1.23 bits per heavy atom. The Balaban J connectivity index is 1.66. The number of benzene rings is 1. The molecule has 1 atom stereocenters. The Hall–Kier alpha value is -4.47. The molecule has 0 amide bonds. The minimum Gasteiger partial charge on any atom is -0.390 e. The Bertz CT molecular complexity index is 1650. The van der Waals surface area contributed by atoms with Crippen LogP contribution in [-0.4, -0.2) is 57.6 Å². The number of aromatic nitrogens is 4. The van der Waals surface area contributed by atoms with E-state index in [4.69, 9.17) is 9.84 Å². The summed E-state index contributed by atoms with van der Waals surface area (Å²) in [6.07, 6.45) is 3.15. The highest BCUT2D eigenvalue weighted by Gasteiger charge is 2.31. The number of nitrogens with zero attached hydrogens (tertiary/aromatic N) is 6. The zero-order valence-corrected chi connectivity index (χ0v) is 21.9. The van der Waals surface area contributed by atoms with E-state index in [0.29, 0.717) is 65.5 Å². The summed E-state index contributed by atoms with van der Waals surface area (Å²) in [7, 11) is 0. The van der Waals surface area contributed by atoms with Crippen molar-refractivity contribution in [3.05, 3.63) is 81.8 Å². The number of halogens is 2. The highest BCUT2D eigenvalue weighted by atomic mass is 19.3. The van der Waals surface area contributed by atoms with E-state index in [-0.39, 0.29) is 16.8 Å². The van der Waals surface area contributed by atoms with Gasteiger partial charge in [0.1, 0.15) is 30.0 Å². The average Bonchev–Trinajstić information content (AvgIpc) is 2.97. The molecular formula is C28H27F2N7O3.